The van der Waals surface area contributed by atoms with E-state index in [9.17, 15) is 21.6 Å². The molecule has 2 aromatic rings. The topological polar surface area (TPSA) is 109 Å². The van der Waals surface area contributed by atoms with Crippen molar-refractivity contribution < 1.29 is 21.6 Å². The Morgan fingerprint density at radius 1 is 0.966 bits per heavy atom. The van der Waals surface area contributed by atoms with E-state index >= 15 is 0 Å². The van der Waals surface area contributed by atoms with Gasteiger partial charge in [0, 0.05) is 18.2 Å². The summed E-state index contributed by atoms with van der Waals surface area (Å²) in [4.78, 5) is 12.5. The zero-order valence-corrected chi connectivity index (χ0v) is 17.6. The molecule has 0 heterocycles. The monoisotopic (exact) mass is 436 g/mol. The Bertz CT molecular complexity index is 1030. The van der Waals surface area contributed by atoms with E-state index in [0.717, 1.165) is 17.2 Å². The largest absolute Gasteiger partial charge is 0.351 e. The first kappa shape index (κ1) is 22.8. The van der Waals surface area contributed by atoms with Gasteiger partial charge in [-0.15, -0.1) is 0 Å². The van der Waals surface area contributed by atoms with Crippen LogP contribution in [0.4, 0.5) is 0 Å². The lowest BCUT2D eigenvalue weighted by molar-refractivity contribution is -0.122. The van der Waals surface area contributed by atoms with Crippen LogP contribution in [0.1, 0.15) is 17.5 Å². The van der Waals surface area contributed by atoms with Gasteiger partial charge < -0.3 is 5.32 Å². The molecule has 7 nitrogen and oxygen atoms in total. The van der Waals surface area contributed by atoms with E-state index in [1.807, 2.05) is 36.4 Å². The quantitative estimate of drug-likeness (QED) is 0.589. The zero-order valence-electron chi connectivity index (χ0n) is 16.0. The second-order valence-electron chi connectivity index (χ2n) is 6.55. The fourth-order valence-electron chi connectivity index (χ4n) is 2.45. The third-order valence-electron chi connectivity index (χ3n) is 3.95. The van der Waals surface area contributed by atoms with Crippen LogP contribution in [-0.4, -0.2) is 40.8 Å². The molecule has 1 amide bonds. The molecule has 29 heavy (non-hydrogen) atoms. The maximum atomic E-state index is 12.5. The van der Waals surface area contributed by atoms with Crippen LogP contribution >= 0.6 is 0 Å². The van der Waals surface area contributed by atoms with Crippen molar-refractivity contribution in [3.05, 3.63) is 77.2 Å². The summed E-state index contributed by atoms with van der Waals surface area (Å²) in [5.74, 6) is -0.907. The number of hydrogen-bond donors (Lipinski definition) is 2. The molecular formula is C20H24N2O5S2. The van der Waals surface area contributed by atoms with Gasteiger partial charge in [0.2, 0.25) is 15.9 Å². The van der Waals surface area contributed by atoms with Gasteiger partial charge >= 0.3 is 0 Å². The van der Waals surface area contributed by atoms with Crippen LogP contribution in [0, 0.1) is 0 Å². The summed E-state index contributed by atoms with van der Waals surface area (Å²) >= 11 is 0. The predicted octanol–water partition coefficient (Wildman–Crippen LogP) is 1.70. The summed E-state index contributed by atoms with van der Waals surface area (Å²) in [7, 11) is -7.32. The SMILES string of the molecule is CS(=O)(=O)CCC(NS(=O)(=O)/C=C/c1ccccc1)C(=O)NCc1ccccc1. The molecule has 0 radical (unpaired) electrons. The molecule has 1 atom stereocenters. The smallest absolute Gasteiger partial charge is 0.238 e. The first-order valence-electron chi connectivity index (χ1n) is 8.89. The number of amides is 1. The van der Waals surface area contributed by atoms with Crippen molar-refractivity contribution in [1.29, 1.82) is 0 Å². The lowest BCUT2D eigenvalue weighted by atomic mass is 10.2. The first-order valence-corrected chi connectivity index (χ1v) is 12.5. The normalized spacial score (nSPS) is 13.3. The number of nitrogens with one attached hydrogen (secondary N) is 2. The van der Waals surface area contributed by atoms with Crippen LogP contribution in [0.15, 0.2) is 66.1 Å². The average molecular weight is 437 g/mol. The molecule has 9 heteroatoms. The van der Waals surface area contributed by atoms with E-state index in [1.165, 1.54) is 6.08 Å². The zero-order chi connectivity index (χ0) is 21.3. The molecular weight excluding hydrogens is 412 g/mol. The highest BCUT2D eigenvalue weighted by Gasteiger charge is 2.24. The Hall–Kier alpha value is -2.49. The maximum Gasteiger partial charge on any atom is 0.238 e. The van der Waals surface area contributed by atoms with Gasteiger partial charge in [-0.05, 0) is 23.6 Å². The molecule has 0 aliphatic heterocycles. The van der Waals surface area contributed by atoms with E-state index in [2.05, 4.69) is 10.0 Å². The molecule has 2 aromatic carbocycles. The van der Waals surface area contributed by atoms with Crippen molar-refractivity contribution in [2.45, 2.75) is 19.0 Å². The molecule has 0 saturated heterocycles. The second-order valence-corrected chi connectivity index (χ2v) is 10.4. The van der Waals surface area contributed by atoms with Crippen molar-refractivity contribution in [2.75, 3.05) is 12.0 Å². The van der Waals surface area contributed by atoms with Crippen LogP contribution in [0.25, 0.3) is 6.08 Å². The number of carbonyl (C=O) groups is 1. The van der Waals surface area contributed by atoms with Gasteiger partial charge in [-0.3, -0.25) is 4.79 Å². The third kappa shape index (κ3) is 9.03. The number of benzene rings is 2. The Kier molecular flexibility index (Phi) is 8.12. The van der Waals surface area contributed by atoms with Gasteiger partial charge in [0.1, 0.15) is 15.9 Å². The third-order valence-corrected chi connectivity index (χ3v) is 6.03. The number of sulfone groups is 1. The van der Waals surface area contributed by atoms with Crippen LogP contribution in [0.3, 0.4) is 0 Å². The van der Waals surface area contributed by atoms with E-state index in [4.69, 9.17) is 0 Å². The van der Waals surface area contributed by atoms with Gasteiger partial charge in [-0.25, -0.2) is 16.8 Å². The van der Waals surface area contributed by atoms with Crippen molar-refractivity contribution in [2.24, 2.45) is 0 Å². The number of hydrogen-bond acceptors (Lipinski definition) is 5. The van der Waals surface area contributed by atoms with Gasteiger partial charge in [0.25, 0.3) is 0 Å². The molecule has 0 aliphatic carbocycles. The van der Waals surface area contributed by atoms with Gasteiger partial charge in [-0.1, -0.05) is 60.7 Å². The molecule has 2 rings (SSSR count). The van der Waals surface area contributed by atoms with E-state index in [0.29, 0.717) is 5.56 Å². The average Bonchev–Trinajstić information content (AvgIpc) is 2.69. The Balaban J connectivity index is 2.09. The standard InChI is InChI=1S/C20H24N2O5S2/c1-28(24,25)14-13-19(20(23)21-16-18-10-6-3-7-11-18)22-29(26,27)15-12-17-8-4-2-5-9-17/h2-12,15,19,22H,13-14,16H2,1H3,(H,21,23)/b15-12+. The van der Waals surface area contributed by atoms with Crippen molar-refractivity contribution in [3.8, 4) is 0 Å². The molecule has 0 spiro atoms. The van der Waals surface area contributed by atoms with E-state index in [-0.39, 0.29) is 18.7 Å². The number of sulfonamides is 1. The minimum Gasteiger partial charge on any atom is -0.351 e. The first-order chi connectivity index (χ1) is 13.6. The van der Waals surface area contributed by atoms with E-state index in [1.54, 1.807) is 24.3 Å². The summed E-state index contributed by atoms with van der Waals surface area (Å²) in [6.45, 7) is 0.205. The lowest BCUT2D eigenvalue weighted by Gasteiger charge is -2.17. The minimum atomic E-state index is -3.96. The molecule has 0 aromatic heterocycles. The summed E-state index contributed by atoms with van der Waals surface area (Å²) in [5, 5.41) is 3.61. The summed E-state index contributed by atoms with van der Waals surface area (Å²) < 4.78 is 50.0. The molecule has 156 valence electrons. The predicted molar refractivity (Wildman–Crippen MR) is 114 cm³/mol. The molecule has 2 N–H and O–H groups in total. The van der Waals surface area contributed by atoms with Gasteiger partial charge in [0.15, 0.2) is 0 Å². The van der Waals surface area contributed by atoms with Crippen LogP contribution < -0.4 is 10.0 Å². The minimum absolute atomic E-state index is 0.169. The summed E-state index contributed by atoms with van der Waals surface area (Å²) in [6, 6.07) is 16.7. The fourth-order valence-corrected chi connectivity index (χ4v) is 4.15. The van der Waals surface area contributed by atoms with Crippen LogP contribution in [-0.2, 0) is 31.2 Å². The second kappa shape index (κ2) is 10.3. The van der Waals surface area contributed by atoms with E-state index < -0.39 is 31.8 Å². The maximum absolute atomic E-state index is 12.5. The Morgan fingerprint density at radius 2 is 1.55 bits per heavy atom. The highest BCUT2D eigenvalue weighted by atomic mass is 32.2. The molecule has 0 aliphatic rings. The summed E-state index contributed by atoms with van der Waals surface area (Å²) in [5.41, 5.74) is 1.52. The van der Waals surface area contributed by atoms with Gasteiger partial charge in [-0.2, -0.15) is 4.72 Å². The lowest BCUT2D eigenvalue weighted by Crippen LogP contribution is -2.46. The van der Waals surface area contributed by atoms with Crippen LogP contribution in [0.2, 0.25) is 0 Å². The molecule has 1 unspecified atom stereocenters. The number of carbonyl (C=O) groups excluding carboxylic acids is 1. The van der Waals surface area contributed by atoms with Gasteiger partial charge in [0.05, 0.1) is 5.75 Å². The summed E-state index contributed by atoms with van der Waals surface area (Å²) in [6.07, 6.45) is 2.27. The molecule has 0 bridgehead atoms. The Morgan fingerprint density at radius 3 is 2.14 bits per heavy atom. The molecule has 0 saturated carbocycles. The Labute approximate surface area is 171 Å². The number of rotatable bonds is 10. The van der Waals surface area contributed by atoms with Crippen molar-refractivity contribution >= 4 is 31.8 Å². The highest BCUT2D eigenvalue weighted by Crippen LogP contribution is 2.06. The molecule has 0 fully saturated rings. The van der Waals surface area contributed by atoms with Crippen LogP contribution in [0.5, 0.6) is 0 Å². The highest BCUT2D eigenvalue weighted by molar-refractivity contribution is 7.92. The van der Waals surface area contributed by atoms with Crippen molar-refractivity contribution in [1.82, 2.24) is 10.0 Å². The fraction of sp³-hybridized carbons (Fsp3) is 0.250. The van der Waals surface area contributed by atoms with Crippen molar-refractivity contribution in [3.63, 3.8) is 0 Å².